The van der Waals surface area contributed by atoms with Crippen LogP contribution in [0, 0.1) is 5.82 Å². The Morgan fingerprint density at radius 2 is 1.83 bits per heavy atom. The van der Waals surface area contributed by atoms with Gasteiger partial charge in [-0.05, 0) is 41.8 Å². The van der Waals surface area contributed by atoms with Crippen molar-refractivity contribution in [1.29, 1.82) is 0 Å². The van der Waals surface area contributed by atoms with Crippen molar-refractivity contribution < 1.29 is 23.4 Å². The number of aromatic nitrogens is 2. The first-order valence-electron chi connectivity index (χ1n) is 8.93. The number of nitrogens with one attached hydrogen (secondary N) is 2. The van der Waals surface area contributed by atoms with Crippen LogP contribution in [0.1, 0.15) is 12.0 Å². The van der Waals surface area contributed by atoms with Gasteiger partial charge in [-0.3, -0.25) is 9.89 Å². The lowest BCUT2D eigenvalue weighted by Crippen LogP contribution is -2.13. The van der Waals surface area contributed by atoms with Crippen LogP contribution in [0.25, 0.3) is 11.1 Å². The second kappa shape index (κ2) is 9.09. The minimum absolute atomic E-state index is 0.208. The Bertz CT molecular complexity index is 978. The van der Waals surface area contributed by atoms with Crippen LogP contribution in [0.2, 0.25) is 0 Å². The molecule has 7 nitrogen and oxygen atoms in total. The number of hydrogen-bond acceptors (Lipinski definition) is 5. The highest BCUT2D eigenvalue weighted by Gasteiger charge is 2.15. The summed E-state index contributed by atoms with van der Waals surface area (Å²) < 4.78 is 29.5. The summed E-state index contributed by atoms with van der Waals surface area (Å²) in [6, 6.07) is 9.72. The second-order valence-corrected chi connectivity index (χ2v) is 6.25. The van der Waals surface area contributed by atoms with Crippen molar-refractivity contribution in [3.8, 4) is 28.4 Å². The number of aromatic amines is 1. The molecule has 0 aliphatic heterocycles. The molecule has 29 heavy (non-hydrogen) atoms. The summed E-state index contributed by atoms with van der Waals surface area (Å²) in [7, 11) is 4.62. The minimum Gasteiger partial charge on any atom is -0.493 e. The maximum Gasteiger partial charge on any atom is 0.225 e. The van der Waals surface area contributed by atoms with Crippen molar-refractivity contribution in [3.05, 3.63) is 54.0 Å². The van der Waals surface area contributed by atoms with Crippen LogP contribution in [0.15, 0.2) is 42.6 Å². The van der Waals surface area contributed by atoms with E-state index in [2.05, 4.69) is 15.5 Å². The average molecular weight is 399 g/mol. The third-order valence-electron chi connectivity index (χ3n) is 4.40. The fourth-order valence-corrected chi connectivity index (χ4v) is 3.00. The molecule has 0 aliphatic rings. The molecule has 2 aromatic carbocycles. The smallest absolute Gasteiger partial charge is 0.225 e. The van der Waals surface area contributed by atoms with E-state index in [4.69, 9.17) is 14.2 Å². The van der Waals surface area contributed by atoms with Gasteiger partial charge in [-0.25, -0.2) is 4.39 Å². The molecule has 0 fully saturated rings. The van der Waals surface area contributed by atoms with Crippen LogP contribution < -0.4 is 19.5 Å². The third kappa shape index (κ3) is 4.66. The molecular formula is C21H22FN3O4. The zero-order valence-electron chi connectivity index (χ0n) is 16.4. The van der Waals surface area contributed by atoms with E-state index >= 15 is 0 Å². The zero-order chi connectivity index (χ0) is 20.8. The average Bonchev–Trinajstić information content (AvgIpc) is 3.19. The number of carbonyl (C=O) groups excluding carboxylic acids is 1. The molecule has 8 heteroatoms. The largest absolute Gasteiger partial charge is 0.493 e. The number of rotatable bonds is 8. The summed E-state index contributed by atoms with van der Waals surface area (Å²) in [4.78, 5) is 12.4. The van der Waals surface area contributed by atoms with E-state index in [-0.39, 0.29) is 18.1 Å². The number of methoxy groups -OCH3 is 3. The standard InChI is InChI=1S/C21H22FN3O4/c1-27-17-9-13(10-18(28-2)20(17)29-3)7-8-19(26)24-21-16(12-23-25-21)14-5-4-6-15(22)11-14/h4-6,9-12H,7-8H2,1-3H3,(H2,23,24,25,26). The normalized spacial score (nSPS) is 10.5. The molecule has 1 aromatic heterocycles. The van der Waals surface area contributed by atoms with Crippen LogP contribution >= 0.6 is 0 Å². The van der Waals surface area contributed by atoms with E-state index in [1.165, 1.54) is 19.2 Å². The van der Waals surface area contributed by atoms with Crippen LogP contribution in [0.5, 0.6) is 17.2 Å². The molecule has 3 aromatic rings. The van der Waals surface area contributed by atoms with Gasteiger partial charge in [-0.1, -0.05) is 12.1 Å². The number of amides is 1. The van der Waals surface area contributed by atoms with Crippen LogP contribution in [0.4, 0.5) is 10.2 Å². The fraction of sp³-hybridized carbons (Fsp3) is 0.238. The molecule has 152 valence electrons. The Morgan fingerprint density at radius 1 is 1.10 bits per heavy atom. The number of ether oxygens (including phenoxy) is 3. The van der Waals surface area contributed by atoms with Gasteiger partial charge in [-0.15, -0.1) is 0 Å². The van der Waals surface area contributed by atoms with E-state index in [0.717, 1.165) is 5.56 Å². The molecule has 2 N–H and O–H groups in total. The summed E-state index contributed by atoms with van der Waals surface area (Å²) in [5.74, 6) is 1.42. The molecule has 0 saturated carbocycles. The maximum absolute atomic E-state index is 13.5. The molecule has 1 heterocycles. The van der Waals surface area contributed by atoms with Crippen molar-refractivity contribution in [2.24, 2.45) is 0 Å². The first-order valence-corrected chi connectivity index (χ1v) is 8.93. The first-order chi connectivity index (χ1) is 14.0. The number of nitrogens with zero attached hydrogens (tertiary/aromatic N) is 1. The summed E-state index contributed by atoms with van der Waals surface area (Å²) in [5.41, 5.74) is 2.11. The quantitative estimate of drug-likeness (QED) is 0.602. The maximum atomic E-state index is 13.5. The van der Waals surface area contributed by atoms with E-state index in [9.17, 15) is 9.18 Å². The predicted molar refractivity (Wildman–Crippen MR) is 107 cm³/mol. The first kappa shape index (κ1) is 20.2. The summed E-state index contributed by atoms with van der Waals surface area (Å²) >= 11 is 0. The molecule has 0 bridgehead atoms. The van der Waals surface area contributed by atoms with Crippen molar-refractivity contribution in [1.82, 2.24) is 10.2 Å². The lowest BCUT2D eigenvalue weighted by Gasteiger charge is -2.14. The molecule has 3 rings (SSSR count). The lowest BCUT2D eigenvalue weighted by atomic mass is 10.1. The molecule has 0 spiro atoms. The van der Waals surface area contributed by atoms with Crippen molar-refractivity contribution in [2.75, 3.05) is 26.6 Å². The molecule has 0 radical (unpaired) electrons. The molecular weight excluding hydrogens is 377 g/mol. The van der Waals surface area contributed by atoms with Gasteiger partial charge in [-0.2, -0.15) is 5.10 Å². The Hall–Kier alpha value is -3.55. The minimum atomic E-state index is -0.358. The monoisotopic (exact) mass is 399 g/mol. The topological polar surface area (TPSA) is 85.5 Å². The highest BCUT2D eigenvalue weighted by molar-refractivity contribution is 5.94. The van der Waals surface area contributed by atoms with Gasteiger partial charge in [0.05, 0.1) is 27.5 Å². The Kier molecular flexibility index (Phi) is 6.33. The Morgan fingerprint density at radius 3 is 2.45 bits per heavy atom. The lowest BCUT2D eigenvalue weighted by molar-refractivity contribution is -0.116. The Labute approximate surface area is 167 Å². The number of benzene rings is 2. The van der Waals surface area contributed by atoms with Gasteiger partial charge in [0.25, 0.3) is 0 Å². The second-order valence-electron chi connectivity index (χ2n) is 6.25. The van der Waals surface area contributed by atoms with Gasteiger partial charge >= 0.3 is 0 Å². The van der Waals surface area contributed by atoms with Gasteiger partial charge in [0, 0.05) is 12.0 Å². The summed E-state index contributed by atoms with van der Waals surface area (Å²) in [6.07, 6.45) is 2.23. The number of aryl methyl sites for hydroxylation is 1. The van der Waals surface area contributed by atoms with E-state index < -0.39 is 0 Å². The van der Waals surface area contributed by atoms with Gasteiger partial charge in [0.15, 0.2) is 11.5 Å². The summed E-state index contributed by atoms with van der Waals surface area (Å²) in [5, 5.41) is 9.49. The molecule has 0 aliphatic carbocycles. The highest BCUT2D eigenvalue weighted by Crippen LogP contribution is 2.38. The number of hydrogen-bond donors (Lipinski definition) is 2. The number of halogens is 1. The van der Waals surface area contributed by atoms with Gasteiger partial charge < -0.3 is 19.5 Å². The number of anilines is 1. The third-order valence-corrected chi connectivity index (χ3v) is 4.40. The fourth-order valence-electron chi connectivity index (χ4n) is 3.00. The zero-order valence-corrected chi connectivity index (χ0v) is 16.4. The molecule has 0 saturated heterocycles. The summed E-state index contributed by atoms with van der Waals surface area (Å²) in [6.45, 7) is 0. The highest BCUT2D eigenvalue weighted by atomic mass is 19.1. The molecule has 1 amide bonds. The van der Waals surface area contributed by atoms with Crippen LogP contribution in [-0.2, 0) is 11.2 Å². The van der Waals surface area contributed by atoms with E-state index in [0.29, 0.717) is 40.6 Å². The van der Waals surface area contributed by atoms with Crippen molar-refractivity contribution in [2.45, 2.75) is 12.8 Å². The van der Waals surface area contributed by atoms with Crippen molar-refractivity contribution in [3.63, 3.8) is 0 Å². The predicted octanol–water partition coefficient (Wildman–Crippen LogP) is 3.81. The van der Waals surface area contributed by atoms with Crippen LogP contribution in [0.3, 0.4) is 0 Å². The molecule has 0 unspecified atom stereocenters. The van der Waals surface area contributed by atoms with E-state index in [1.807, 2.05) is 12.1 Å². The number of carbonyl (C=O) groups is 1. The van der Waals surface area contributed by atoms with Crippen molar-refractivity contribution >= 4 is 11.7 Å². The Balaban J connectivity index is 1.69. The van der Waals surface area contributed by atoms with Gasteiger partial charge in [0.2, 0.25) is 11.7 Å². The van der Waals surface area contributed by atoms with Gasteiger partial charge in [0.1, 0.15) is 11.6 Å². The molecule has 0 atom stereocenters. The number of H-pyrrole nitrogens is 1. The van der Waals surface area contributed by atoms with Crippen LogP contribution in [-0.4, -0.2) is 37.4 Å². The van der Waals surface area contributed by atoms with E-state index in [1.54, 1.807) is 32.5 Å². The SMILES string of the molecule is COc1cc(CCC(=O)Nc2[nH]ncc2-c2cccc(F)c2)cc(OC)c1OC.